The summed E-state index contributed by atoms with van der Waals surface area (Å²) in [5, 5.41) is 8.58. The Kier molecular flexibility index (Phi) is 12.4. The number of aliphatic hydroxyl groups excluding tert-OH is 1. The van der Waals surface area contributed by atoms with E-state index in [1.54, 1.807) is 0 Å². The third-order valence-electron chi connectivity index (χ3n) is 2.23. The van der Waals surface area contributed by atoms with Crippen molar-refractivity contribution in [3.8, 4) is 0 Å². The van der Waals surface area contributed by atoms with E-state index in [0.29, 0.717) is 13.2 Å². The van der Waals surface area contributed by atoms with E-state index in [0.717, 1.165) is 32.1 Å². The van der Waals surface area contributed by atoms with Crippen LogP contribution in [-0.2, 0) is 9.47 Å². The van der Waals surface area contributed by atoms with Crippen LogP contribution in [-0.4, -0.2) is 31.2 Å². The number of aliphatic hydroxyl groups is 1. The largest absolute Gasteiger partial charge is 0.396 e. The van der Waals surface area contributed by atoms with Crippen molar-refractivity contribution in [2.24, 2.45) is 0 Å². The third kappa shape index (κ3) is 10.1. The van der Waals surface area contributed by atoms with Crippen molar-refractivity contribution < 1.29 is 14.6 Å². The summed E-state index contributed by atoms with van der Waals surface area (Å²) < 4.78 is 10.9. The van der Waals surface area contributed by atoms with Gasteiger partial charge in [0.05, 0.1) is 0 Å². The highest BCUT2D eigenvalue weighted by Crippen LogP contribution is 2.08. The monoisotopic (exact) mass is 230 g/mol. The Hall–Kier alpha value is -0.380. The van der Waals surface area contributed by atoms with Gasteiger partial charge in [-0.2, -0.15) is 0 Å². The molecule has 0 bridgehead atoms. The first-order valence-corrected chi connectivity index (χ1v) is 6.34. The van der Waals surface area contributed by atoms with Gasteiger partial charge in [0.2, 0.25) is 0 Å². The van der Waals surface area contributed by atoms with Crippen LogP contribution in [0.3, 0.4) is 0 Å². The second kappa shape index (κ2) is 12.7. The second-order valence-electron chi connectivity index (χ2n) is 3.61. The molecule has 0 aromatic rings. The summed E-state index contributed by atoms with van der Waals surface area (Å²) >= 11 is 0. The van der Waals surface area contributed by atoms with Crippen molar-refractivity contribution in [2.45, 2.75) is 52.2 Å². The number of allylic oxidation sites excluding steroid dienone is 1. The Labute approximate surface area is 99.5 Å². The van der Waals surface area contributed by atoms with Gasteiger partial charge in [0.1, 0.15) is 0 Å². The van der Waals surface area contributed by atoms with Gasteiger partial charge in [-0.3, -0.25) is 0 Å². The van der Waals surface area contributed by atoms with Crippen molar-refractivity contribution in [3.63, 3.8) is 0 Å². The molecule has 1 N–H and O–H groups in total. The van der Waals surface area contributed by atoms with E-state index in [4.69, 9.17) is 14.6 Å². The maximum Gasteiger partial charge on any atom is 0.157 e. The van der Waals surface area contributed by atoms with E-state index >= 15 is 0 Å². The Morgan fingerprint density at radius 1 is 1.00 bits per heavy atom. The van der Waals surface area contributed by atoms with Crippen LogP contribution in [0, 0.1) is 0 Å². The lowest BCUT2D eigenvalue weighted by atomic mass is 10.2. The standard InChI is InChI=1S/C13H26O3/c1-3-15-13(16-4-2)11-9-7-5-6-8-10-12-14/h6,8,13-14H,3-5,7,9-12H2,1-2H3/b8-6+. The van der Waals surface area contributed by atoms with Crippen molar-refractivity contribution in [3.05, 3.63) is 12.2 Å². The van der Waals surface area contributed by atoms with Crippen molar-refractivity contribution in [2.75, 3.05) is 19.8 Å². The van der Waals surface area contributed by atoms with E-state index in [1.807, 2.05) is 19.9 Å². The molecule has 0 aliphatic heterocycles. The Morgan fingerprint density at radius 2 is 1.62 bits per heavy atom. The number of ether oxygens (including phenoxy) is 2. The average molecular weight is 230 g/mol. The summed E-state index contributed by atoms with van der Waals surface area (Å²) in [7, 11) is 0. The van der Waals surface area contributed by atoms with Gasteiger partial charge in [-0.05, 0) is 46.0 Å². The molecule has 0 amide bonds. The normalized spacial score (nSPS) is 11.8. The lowest BCUT2D eigenvalue weighted by Crippen LogP contribution is -2.17. The second-order valence-corrected chi connectivity index (χ2v) is 3.61. The van der Waals surface area contributed by atoms with Crippen LogP contribution in [0.15, 0.2) is 12.2 Å². The first-order chi connectivity index (χ1) is 7.85. The van der Waals surface area contributed by atoms with Crippen LogP contribution in [0.25, 0.3) is 0 Å². The van der Waals surface area contributed by atoms with Crippen molar-refractivity contribution in [1.82, 2.24) is 0 Å². The van der Waals surface area contributed by atoms with Crippen molar-refractivity contribution >= 4 is 0 Å². The molecule has 0 aliphatic rings. The van der Waals surface area contributed by atoms with Crippen LogP contribution < -0.4 is 0 Å². The van der Waals surface area contributed by atoms with Crippen LogP contribution in [0.5, 0.6) is 0 Å². The fourth-order valence-electron chi connectivity index (χ4n) is 1.47. The molecule has 16 heavy (non-hydrogen) atoms. The molecule has 0 saturated heterocycles. The fraction of sp³-hybridized carbons (Fsp3) is 0.846. The Balaban J connectivity index is 3.39. The molecule has 96 valence electrons. The topological polar surface area (TPSA) is 38.7 Å². The van der Waals surface area contributed by atoms with Crippen LogP contribution in [0.1, 0.15) is 46.0 Å². The molecule has 0 radical (unpaired) electrons. The van der Waals surface area contributed by atoms with Gasteiger partial charge < -0.3 is 14.6 Å². The first-order valence-electron chi connectivity index (χ1n) is 6.34. The minimum absolute atomic E-state index is 0.0311. The number of unbranched alkanes of at least 4 members (excludes halogenated alkanes) is 2. The summed E-state index contributed by atoms with van der Waals surface area (Å²) in [6.07, 6.45) is 9.21. The van der Waals surface area contributed by atoms with E-state index < -0.39 is 0 Å². The van der Waals surface area contributed by atoms with Gasteiger partial charge in [-0.15, -0.1) is 0 Å². The molecule has 0 atom stereocenters. The van der Waals surface area contributed by atoms with Gasteiger partial charge in [-0.1, -0.05) is 12.2 Å². The van der Waals surface area contributed by atoms with Crippen molar-refractivity contribution in [1.29, 1.82) is 0 Å². The maximum absolute atomic E-state index is 8.58. The summed E-state index contributed by atoms with van der Waals surface area (Å²) in [4.78, 5) is 0. The van der Waals surface area contributed by atoms with Crippen LogP contribution in [0.4, 0.5) is 0 Å². The summed E-state index contributed by atoms with van der Waals surface area (Å²) in [6, 6.07) is 0. The van der Waals surface area contributed by atoms with Gasteiger partial charge in [-0.25, -0.2) is 0 Å². The average Bonchev–Trinajstić information content (AvgIpc) is 2.28. The molecule has 3 heteroatoms. The fourth-order valence-corrected chi connectivity index (χ4v) is 1.47. The molecular formula is C13H26O3. The summed E-state index contributed by atoms with van der Waals surface area (Å²) in [6.45, 7) is 5.64. The Morgan fingerprint density at radius 3 is 2.19 bits per heavy atom. The molecule has 0 unspecified atom stereocenters. The quantitative estimate of drug-likeness (QED) is 0.337. The van der Waals surface area contributed by atoms with E-state index in [-0.39, 0.29) is 12.9 Å². The minimum atomic E-state index is -0.0311. The highest BCUT2D eigenvalue weighted by atomic mass is 16.7. The molecule has 0 saturated carbocycles. The van der Waals surface area contributed by atoms with Gasteiger partial charge in [0, 0.05) is 19.8 Å². The molecule has 0 rings (SSSR count). The molecule has 0 aromatic carbocycles. The van der Waals surface area contributed by atoms with Gasteiger partial charge >= 0.3 is 0 Å². The van der Waals surface area contributed by atoms with E-state index in [2.05, 4.69) is 6.08 Å². The zero-order valence-electron chi connectivity index (χ0n) is 10.7. The minimum Gasteiger partial charge on any atom is -0.396 e. The maximum atomic E-state index is 8.58. The smallest absolute Gasteiger partial charge is 0.157 e. The molecule has 0 fully saturated rings. The molecule has 0 spiro atoms. The molecule has 0 aromatic heterocycles. The highest BCUT2D eigenvalue weighted by molar-refractivity contribution is 4.80. The highest BCUT2D eigenvalue weighted by Gasteiger charge is 2.06. The van der Waals surface area contributed by atoms with Gasteiger partial charge in [0.25, 0.3) is 0 Å². The SMILES string of the molecule is CCOC(CCCC/C=C/CCO)OCC. The predicted molar refractivity (Wildman–Crippen MR) is 66.4 cm³/mol. The molecule has 3 nitrogen and oxygen atoms in total. The first kappa shape index (κ1) is 15.6. The van der Waals surface area contributed by atoms with Crippen LogP contribution >= 0.6 is 0 Å². The number of hydrogen-bond acceptors (Lipinski definition) is 3. The lowest BCUT2D eigenvalue weighted by molar-refractivity contribution is -0.140. The molecule has 0 heterocycles. The number of rotatable bonds is 11. The van der Waals surface area contributed by atoms with E-state index in [1.165, 1.54) is 0 Å². The zero-order valence-corrected chi connectivity index (χ0v) is 10.7. The lowest BCUT2D eigenvalue weighted by Gasteiger charge is -2.16. The summed E-state index contributed by atoms with van der Waals surface area (Å²) in [5.41, 5.74) is 0. The third-order valence-corrected chi connectivity index (χ3v) is 2.23. The molecule has 0 aliphatic carbocycles. The van der Waals surface area contributed by atoms with Gasteiger partial charge in [0.15, 0.2) is 6.29 Å². The van der Waals surface area contributed by atoms with Crippen LogP contribution in [0.2, 0.25) is 0 Å². The zero-order chi connectivity index (χ0) is 12.1. The Bertz CT molecular complexity index is 151. The number of hydrogen-bond donors (Lipinski definition) is 1. The van der Waals surface area contributed by atoms with E-state index in [9.17, 15) is 0 Å². The molecular weight excluding hydrogens is 204 g/mol. The predicted octanol–water partition coefficient (Wildman–Crippen LogP) is 2.88. The summed E-state index contributed by atoms with van der Waals surface area (Å²) in [5.74, 6) is 0.